The molecule has 188 valence electrons. The first-order valence-corrected chi connectivity index (χ1v) is 13.4. The van der Waals surface area contributed by atoms with E-state index in [2.05, 4.69) is 26.1 Å². The number of fused-ring (bicyclic) bond motifs is 5. The molecule has 1 amide bonds. The van der Waals surface area contributed by atoms with Gasteiger partial charge in [0, 0.05) is 6.42 Å². The van der Waals surface area contributed by atoms with E-state index in [1.807, 2.05) is 0 Å². The number of hydrogen-bond acceptors (Lipinski definition) is 4. The van der Waals surface area contributed by atoms with Gasteiger partial charge >= 0.3 is 5.97 Å². The molecule has 0 aromatic carbocycles. The first kappa shape index (κ1) is 25.0. The van der Waals surface area contributed by atoms with E-state index in [1.54, 1.807) is 0 Å². The van der Waals surface area contributed by atoms with Crippen LogP contribution < -0.4 is 5.32 Å². The van der Waals surface area contributed by atoms with Gasteiger partial charge in [-0.15, -0.1) is 0 Å². The van der Waals surface area contributed by atoms with Gasteiger partial charge in [0.1, 0.15) is 6.04 Å². The fourth-order valence-electron chi connectivity index (χ4n) is 9.10. The molecule has 6 heteroatoms. The summed E-state index contributed by atoms with van der Waals surface area (Å²) in [5.41, 5.74) is 0.135. The standard InChI is InChI=1S/C27H45NO5/c1-15(5-10-24(31)28-16(2)25(32)33)20-8-9-21-19-7-6-17-13-18(29)11-12-26(17,3)22(19)14-23(30)27(20,21)4/h15-23,29-30H,5-14H2,1-4H3,(H,28,31)(H,32,33)/t15-,16+,17-,18-,19+,20-,21+,22+,23+,26+,27-/m1/s1. The maximum atomic E-state index is 12.2. The van der Waals surface area contributed by atoms with Gasteiger partial charge < -0.3 is 20.6 Å². The smallest absolute Gasteiger partial charge is 0.325 e. The molecule has 4 rings (SSSR count). The Balaban J connectivity index is 1.44. The number of nitrogens with one attached hydrogen (secondary N) is 1. The van der Waals surface area contributed by atoms with E-state index in [0.717, 1.165) is 44.9 Å². The van der Waals surface area contributed by atoms with E-state index in [0.29, 0.717) is 41.9 Å². The maximum absolute atomic E-state index is 12.2. The average molecular weight is 464 g/mol. The van der Waals surface area contributed by atoms with Gasteiger partial charge in [-0.2, -0.15) is 0 Å². The van der Waals surface area contributed by atoms with Crippen LogP contribution in [0.4, 0.5) is 0 Å². The van der Waals surface area contributed by atoms with Crippen LogP contribution in [0.25, 0.3) is 0 Å². The zero-order valence-electron chi connectivity index (χ0n) is 20.9. The quantitative estimate of drug-likeness (QED) is 0.477. The lowest BCUT2D eigenvalue weighted by atomic mass is 9.43. The third kappa shape index (κ3) is 4.24. The molecular weight excluding hydrogens is 418 g/mol. The first-order valence-electron chi connectivity index (χ1n) is 13.4. The Hall–Kier alpha value is -1.14. The molecule has 0 aromatic heterocycles. The third-order valence-electron chi connectivity index (χ3n) is 11.1. The Morgan fingerprint density at radius 1 is 1.00 bits per heavy atom. The number of carboxylic acids is 1. The third-order valence-corrected chi connectivity index (χ3v) is 11.1. The summed E-state index contributed by atoms with van der Waals surface area (Å²) >= 11 is 0. The van der Waals surface area contributed by atoms with Crippen molar-refractivity contribution >= 4 is 11.9 Å². The molecule has 6 nitrogen and oxygen atoms in total. The number of aliphatic hydroxyl groups excluding tert-OH is 2. The number of rotatable bonds is 6. The van der Waals surface area contributed by atoms with Crippen molar-refractivity contribution in [3.63, 3.8) is 0 Å². The van der Waals surface area contributed by atoms with E-state index < -0.39 is 12.0 Å². The number of carboxylic acid groups (broad SMARTS) is 1. The molecule has 4 aliphatic carbocycles. The lowest BCUT2D eigenvalue weighted by Gasteiger charge is -2.62. The summed E-state index contributed by atoms with van der Waals surface area (Å²) in [5, 5.41) is 33.5. The Morgan fingerprint density at radius 3 is 2.42 bits per heavy atom. The fraction of sp³-hybridized carbons (Fsp3) is 0.926. The summed E-state index contributed by atoms with van der Waals surface area (Å²) < 4.78 is 0. The van der Waals surface area contributed by atoms with Gasteiger partial charge in [0.05, 0.1) is 12.2 Å². The van der Waals surface area contributed by atoms with Crippen molar-refractivity contribution in [2.24, 2.45) is 46.3 Å². The monoisotopic (exact) mass is 463 g/mol. The molecule has 0 bridgehead atoms. The molecule has 0 aromatic rings. The van der Waals surface area contributed by atoms with Crippen molar-refractivity contribution < 1.29 is 24.9 Å². The predicted octanol–water partition coefficient (Wildman–Crippen LogP) is 3.98. The average Bonchev–Trinajstić information content (AvgIpc) is 3.12. The molecule has 4 fully saturated rings. The van der Waals surface area contributed by atoms with Gasteiger partial charge in [-0.25, -0.2) is 0 Å². The van der Waals surface area contributed by atoms with E-state index in [-0.39, 0.29) is 28.9 Å². The summed E-state index contributed by atoms with van der Waals surface area (Å²) in [7, 11) is 0. The minimum atomic E-state index is -1.02. The molecular formula is C27H45NO5. The van der Waals surface area contributed by atoms with E-state index >= 15 is 0 Å². The van der Waals surface area contributed by atoms with Crippen LogP contribution in [-0.4, -0.2) is 45.4 Å². The van der Waals surface area contributed by atoms with Gasteiger partial charge in [-0.3, -0.25) is 9.59 Å². The van der Waals surface area contributed by atoms with Crippen LogP contribution in [0.3, 0.4) is 0 Å². The summed E-state index contributed by atoms with van der Waals surface area (Å²) in [6.07, 6.45) is 9.08. The minimum absolute atomic E-state index is 0.108. The summed E-state index contributed by atoms with van der Waals surface area (Å²) in [4.78, 5) is 23.2. The number of aliphatic carboxylic acids is 1. The van der Waals surface area contributed by atoms with Crippen LogP contribution in [0.1, 0.15) is 91.9 Å². The minimum Gasteiger partial charge on any atom is -0.480 e. The molecule has 33 heavy (non-hydrogen) atoms. The fourth-order valence-corrected chi connectivity index (χ4v) is 9.10. The van der Waals surface area contributed by atoms with Crippen molar-refractivity contribution in [1.82, 2.24) is 5.32 Å². The lowest BCUT2D eigenvalue weighted by molar-refractivity contribution is -0.175. The molecule has 4 N–H and O–H groups in total. The molecule has 4 aliphatic rings. The predicted molar refractivity (Wildman–Crippen MR) is 126 cm³/mol. The maximum Gasteiger partial charge on any atom is 0.325 e. The Bertz CT molecular complexity index is 757. The topological polar surface area (TPSA) is 107 Å². The number of carbonyl (C=O) groups is 2. The van der Waals surface area contributed by atoms with Crippen LogP contribution in [0.2, 0.25) is 0 Å². The SMILES string of the molecule is C[C@H](NC(=O)CC[C@@H](C)[C@H]1CC[C@H]2[C@@H]3CC[C@@H]4C[C@H](O)CC[C@]4(C)[C@H]3C[C@H](O)[C@]12C)C(=O)O. The van der Waals surface area contributed by atoms with Gasteiger partial charge in [-0.1, -0.05) is 20.8 Å². The van der Waals surface area contributed by atoms with Gasteiger partial charge in [-0.05, 0) is 111 Å². The molecule has 0 radical (unpaired) electrons. The van der Waals surface area contributed by atoms with E-state index in [9.17, 15) is 19.8 Å². The molecule has 0 aliphatic heterocycles. The Morgan fingerprint density at radius 2 is 1.73 bits per heavy atom. The lowest BCUT2D eigenvalue weighted by Crippen LogP contribution is -2.58. The summed E-state index contributed by atoms with van der Waals surface area (Å²) in [6.45, 7) is 8.47. The van der Waals surface area contributed by atoms with Crippen LogP contribution in [0.5, 0.6) is 0 Å². The van der Waals surface area contributed by atoms with Gasteiger partial charge in [0.25, 0.3) is 0 Å². The van der Waals surface area contributed by atoms with Gasteiger partial charge in [0.2, 0.25) is 5.91 Å². The summed E-state index contributed by atoms with van der Waals surface area (Å²) in [6, 6.07) is -0.865. The second-order valence-corrected chi connectivity index (χ2v) is 12.5. The van der Waals surface area contributed by atoms with Crippen molar-refractivity contribution in [3.05, 3.63) is 0 Å². The van der Waals surface area contributed by atoms with Crippen molar-refractivity contribution in [1.29, 1.82) is 0 Å². The van der Waals surface area contributed by atoms with E-state index in [4.69, 9.17) is 5.11 Å². The number of carbonyl (C=O) groups excluding carboxylic acids is 1. The first-order chi connectivity index (χ1) is 15.5. The number of amides is 1. The number of hydrogen-bond donors (Lipinski definition) is 4. The zero-order valence-corrected chi connectivity index (χ0v) is 20.9. The normalized spacial score (nSPS) is 46.4. The highest BCUT2D eigenvalue weighted by molar-refractivity contribution is 5.83. The Kier molecular flexibility index (Phi) is 6.92. The second kappa shape index (κ2) is 9.14. The highest BCUT2D eigenvalue weighted by Gasteiger charge is 2.63. The highest BCUT2D eigenvalue weighted by atomic mass is 16.4. The molecule has 0 spiro atoms. The van der Waals surface area contributed by atoms with Crippen LogP contribution >= 0.6 is 0 Å². The van der Waals surface area contributed by atoms with Crippen LogP contribution in [0, 0.1) is 46.3 Å². The molecule has 0 saturated heterocycles. The zero-order chi connectivity index (χ0) is 24.1. The van der Waals surface area contributed by atoms with Crippen molar-refractivity contribution in [3.8, 4) is 0 Å². The molecule has 11 atom stereocenters. The molecule has 0 heterocycles. The summed E-state index contributed by atoms with van der Waals surface area (Å²) in [5.74, 6) is 1.81. The van der Waals surface area contributed by atoms with Gasteiger partial charge in [0.15, 0.2) is 0 Å². The van der Waals surface area contributed by atoms with Crippen LogP contribution in [-0.2, 0) is 9.59 Å². The van der Waals surface area contributed by atoms with Crippen LogP contribution in [0.15, 0.2) is 0 Å². The second-order valence-electron chi connectivity index (χ2n) is 12.5. The highest BCUT2D eigenvalue weighted by Crippen LogP contribution is 2.68. The largest absolute Gasteiger partial charge is 0.480 e. The Labute approximate surface area is 198 Å². The number of aliphatic hydroxyl groups is 2. The van der Waals surface area contributed by atoms with Crippen molar-refractivity contribution in [2.75, 3.05) is 0 Å². The molecule has 0 unspecified atom stereocenters. The molecule has 4 saturated carbocycles. The van der Waals surface area contributed by atoms with Crippen molar-refractivity contribution in [2.45, 2.75) is 110 Å². The van der Waals surface area contributed by atoms with E-state index in [1.165, 1.54) is 19.8 Å².